The first kappa shape index (κ1) is 22.0. The number of hydrogen-bond acceptors (Lipinski definition) is 6. The lowest BCUT2D eigenvalue weighted by Gasteiger charge is -2.25. The summed E-state index contributed by atoms with van der Waals surface area (Å²) in [6.45, 7) is 3.34. The van der Waals surface area contributed by atoms with E-state index in [0.29, 0.717) is 22.5 Å². The highest BCUT2D eigenvalue weighted by Gasteiger charge is 2.51. The Balaban J connectivity index is 1.54. The third-order valence-corrected chi connectivity index (χ3v) is 7.14. The summed E-state index contributed by atoms with van der Waals surface area (Å²) < 4.78 is 5.18. The molecule has 2 aliphatic rings. The van der Waals surface area contributed by atoms with Crippen LogP contribution in [0.5, 0.6) is 0 Å². The minimum Gasteiger partial charge on any atom is -0.462 e. The van der Waals surface area contributed by atoms with Gasteiger partial charge in [-0.1, -0.05) is 37.3 Å². The molecule has 9 heteroatoms. The second-order valence-electron chi connectivity index (χ2n) is 7.78. The second kappa shape index (κ2) is 8.74. The summed E-state index contributed by atoms with van der Waals surface area (Å²) in [6, 6.07) is 8.38. The summed E-state index contributed by atoms with van der Waals surface area (Å²) in [7, 11) is 0. The first-order valence-corrected chi connectivity index (χ1v) is 11.5. The molecule has 0 radical (unpaired) electrons. The van der Waals surface area contributed by atoms with Crippen molar-refractivity contribution in [2.24, 2.45) is 0 Å². The van der Waals surface area contributed by atoms with Crippen LogP contribution >= 0.6 is 11.3 Å². The Kier molecular flexibility index (Phi) is 6.01. The number of ether oxygens (including phenoxy) is 1. The van der Waals surface area contributed by atoms with Crippen molar-refractivity contribution < 1.29 is 23.9 Å². The monoisotopic (exact) mass is 455 g/mol. The molecule has 1 atom stereocenters. The van der Waals surface area contributed by atoms with Gasteiger partial charge in [0, 0.05) is 4.88 Å². The first-order chi connectivity index (χ1) is 15.4. The van der Waals surface area contributed by atoms with Crippen molar-refractivity contribution in [2.75, 3.05) is 18.5 Å². The lowest BCUT2D eigenvalue weighted by Crippen LogP contribution is -2.44. The Morgan fingerprint density at radius 1 is 1.19 bits per heavy atom. The van der Waals surface area contributed by atoms with E-state index in [1.165, 1.54) is 11.3 Å². The van der Waals surface area contributed by atoms with Crippen LogP contribution in [0.1, 0.15) is 53.1 Å². The molecule has 1 saturated heterocycles. The van der Waals surface area contributed by atoms with E-state index in [1.807, 2.05) is 13.0 Å². The van der Waals surface area contributed by atoms with Gasteiger partial charge >= 0.3 is 12.0 Å². The number of nitrogens with one attached hydrogen (secondary N) is 2. The van der Waals surface area contributed by atoms with Gasteiger partial charge in [0.2, 0.25) is 5.91 Å². The smallest absolute Gasteiger partial charge is 0.341 e. The summed E-state index contributed by atoms with van der Waals surface area (Å²) in [4.78, 5) is 53.2. The van der Waals surface area contributed by atoms with Gasteiger partial charge < -0.3 is 15.4 Å². The molecule has 8 nitrogen and oxygen atoms in total. The second-order valence-corrected chi connectivity index (χ2v) is 8.88. The zero-order valence-corrected chi connectivity index (χ0v) is 18.8. The quantitative estimate of drug-likeness (QED) is 0.493. The first-order valence-electron chi connectivity index (χ1n) is 10.7. The number of benzene rings is 1. The summed E-state index contributed by atoms with van der Waals surface area (Å²) >= 11 is 1.36. The summed E-state index contributed by atoms with van der Waals surface area (Å²) in [5.41, 5.74) is 0.789. The number of hydrogen-bond donors (Lipinski definition) is 2. The number of carbonyl (C=O) groups is 4. The van der Waals surface area contributed by atoms with Crippen LogP contribution in [0.15, 0.2) is 30.3 Å². The molecule has 168 valence electrons. The number of thiophene rings is 1. The molecule has 0 unspecified atom stereocenters. The molecular formula is C23H25N3O5S. The molecular weight excluding hydrogens is 430 g/mol. The number of esters is 1. The molecule has 0 saturated carbocycles. The Labute approximate surface area is 189 Å². The lowest BCUT2D eigenvalue weighted by atomic mass is 9.87. The van der Waals surface area contributed by atoms with Crippen molar-refractivity contribution in [3.05, 3.63) is 51.9 Å². The summed E-state index contributed by atoms with van der Waals surface area (Å²) in [6.07, 6.45) is 2.93. The van der Waals surface area contributed by atoms with Gasteiger partial charge in [0.1, 0.15) is 17.1 Å². The Morgan fingerprint density at radius 3 is 2.62 bits per heavy atom. The highest BCUT2D eigenvalue weighted by atomic mass is 32.1. The number of rotatable bonds is 7. The number of carbonyl (C=O) groups excluding carboxylic acids is 4. The minimum atomic E-state index is -1.20. The van der Waals surface area contributed by atoms with E-state index in [1.54, 1.807) is 31.2 Å². The third-order valence-electron chi connectivity index (χ3n) is 5.93. The normalized spacial score (nSPS) is 19.6. The number of urea groups is 1. The van der Waals surface area contributed by atoms with E-state index in [9.17, 15) is 19.2 Å². The maximum absolute atomic E-state index is 13.2. The SMILES string of the molecule is CCOC(=O)c1c(NC(=O)CN2C(=O)N[C@](CC)(c3ccccc3)C2=O)sc2c1CCC2. The maximum Gasteiger partial charge on any atom is 0.341 e. The summed E-state index contributed by atoms with van der Waals surface area (Å²) in [5.74, 6) is -1.48. The van der Waals surface area contributed by atoms with Gasteiger partial charge in [-0.25, -0.2) is 9.59 Å². The van der Waals surface area contributed by atoms with E-state index in [-0.39, 0.29) is 6.61 Å². The lowest BCUT2D eigenvalue weighted by molar-refractivity contribution is -0.134. The van der Waals surface area contributed by atoms with Crippen LogP contribution < -0.4 is 10.6 Å². The highest BCUT2D eigenvalue weighted by Crippen LogP contribution is 2.39. The van der Waals surface area contributed by atoms with Gasteiger partial charge in [-0.2, -0.15) is 0 Å². The molecule has 4 amide bonds. The van der Waals surface area contributed by atoms with Crippen molar-refractivity contribution in [1.29, 1.82) is 0 Å². The van der Waals surface area contributed by atoms with Gasteiger partial charge in [-0.15, -0.1) is 11.3 Å². The van der Waals surface area contributed by atoms with Crippen LogP contribution in [-0.4, -0.2) is 41.9 Å². The fourth-order valence-corrected chi connectivity index (χ4v) is 5.65. The van der Waals surface area contributed by atoms with Crippen LogP contribution in [-0.2, 0) is 32.7 Å². The van der Waals surface area contributed by atoms with Gasteiger partial charge in [0.25, 0.3) is 5.91 Å². The molecule has 1 aliphatic heterocycles. The van der Waals surface area contributed by atoms with E-state index in [0.717, 1.165) is 34.6 Å². The number of aryl methyl sites for hydroxylation is 1. The molecule has 0 spiro atoms. The Morgan fingerprint density at radius 2 is 1.94 bits per heavy atom. The van der Waals surface area contributed by atoms with Crippen LogP contribution in [0.2, 0.25) is 0 Å². The number of fused-ring (bicyclic) bond motifs is 1. The zero-order chi connectivity index (χ0) is 22.9. The molecule has 2 heterocycles. The third kappa shape index (κ3) is 3.66. The Bertz CT molecular complexity index is 1080. The number of nitrogens with zero attached hydrogens (tertiary/aromatic N) is 1. The van der Waals surface area contributed by atoms with Crippen molar-refractivity contribution in [3.63, 3.8) is 0 Å². The molecule has 0 bridgehead atoms. The fraction of sp³-hybridized carbons (Fsp3) is 0.391. The molecule has 1 aliphatic carbocycles. The average molecular weight is 456 g/mol. The largest absolute Gasteiger partial charge is 0.462 e. The molecule has 1 aromatic carbocycles. The van der Waals surface area contributed by atoms with Gasteiger partial charge in [0.05, 0.1) is 12.2 Å². The Hall–Kier alpha value is -3.20. The average Bonchev–Trinajstić information content (AvgIpc) is 3.42. The van der Waals surface area contributed by atoms with Crippen LogP contribution in [0, 0.1) is 0 Å². The van der Waals surface area contributed by atoms with Crippen molar-refractivity contribution in [2.45, 2.75) is 45.1 Å². The minimum absolute atomic E-state index is 0.234. The van der Waals surface area contributed by atoms with E-state index in [2.05, 4.69) is 10.6 Å². The summed E-state index contributed by atoms with van der Waals surface area (Å²) in [5, 5.41) is 5.92. The van der Waals surface area contributed by atoms with E-state index < -0.39 is 35.9 Å². The van der Waals surface area contributed by atoms with Crippen molar-refractivity contribution >= 4 is 40.2 Å². The predicted octanol–water partition coefficient (Wildman–Crippen LogP) is 3.21. The predicted molar refractivity (Wildman–Crippen MR) is 120 cm³/mol. The van der Waals surface area contributed by atoms with Crippen LogP contribution in [0.3, 0.4) is 0 Å². The molecule has 4 rings (SSSR count). The molecule has 2 N–H and O–H groups in total. The molecule has 1 aromatic heterocycles. The molecule has 32 heavy (non-hydrogen) atoms. The highest BCUT2D eigenvalue weighted by molar-refractivity contribution is 7.17. The van der Waals surface area contributed by atoms with E-state index >= 15 is 0 Å². The van der Waals surface area contributed by atoms with Crippen LogP contribution in [0.25, 0.3) is 0 Å². The maximum atomic E-state index is 13.2. The number of anilines is 1. The molecule has 2 aromatic rings. The fourth-order valence-electron chi connectivity index (χ4n) is 4.35. The van der Waals surface area contributed by atoms with Gasteiger partial charge in [-0.3, -0.25) is 14.5 Å². The topological polar surface area (TPSA) is 105 Å². The van der Waals surface area contributed by atoms with Crippen LogP contribution in [0.4, 0.5) is 9.80 Å². The van der Waals surface area contributed by atoms with Gasteiger partial charge in [0.15, 0.2) is 0 Å². The standard InChI is InChI=1S/C23H25N3O5S/c1-3-23(14-9-6-5-7-10-14)21(29)26(22(30)25-23)13-17(27)24-19-18(20(28)31-4-2)15-11-8-12-16(15)32-19/h5-7,9-10H,3-4,8,11-13H2,1-2H3,(H,24,27)(H,25,30)/t23-/m1/s1. The van der Waals surface area contributed by atoms with E-state index in [4.69, 9.17) is 4.74 Å². The van der Waals surface area contributed by atoms with Gasteiger partial charge in [-0.05, 0) is 43.7 Å². The number of imide groups is 1. The number of amides is 4. The van der Waals surface area contributed by atoms with Crippen molar-refractivity contribution in [1.82, 2.24) is 10.2 Å². The van der Waals surface area contributed by atoms with Crippen molar-refractivity contribution in [3.8, 4) is 0 Å². The molecule has 1 fully saturated rings. The zero-order valence-electron chi connectivity index (χ0n) is 18.0.